The minimum Gasteiger partial charge on any atom is -0.481 e. The van der Waals surface area contributed by atoms with Crippen molar-refractivity contribution in [3.8, 4) is 0 Å². The van der Waals surface area contributed by atoms with E-state index in [1.54, 1.807) is 6.33 Å². The molecule has 1 aliphatic heterocycles. The number of nitrogens with one attached hydrogen (secondary N) is 1. The van der Waals surface area contributed by atoms with Crippen LogP contribution in [0.15, 0.2) is 48.3 Å². The molecule has 5 aliphatic rings. The summed E-state index contributed by atoms with van der Waals surface area (Å²) in [6, 6.07) is 9.13. The molecule has 1 aromatic carbocycles. The van der Waals surface area contributed by atoms with Gasteiger partial charge >= 0.3 is 5.97 Å². The molecule has 4 fully saturated rings. The standard InChI is InChI=1S/C45H67N5O5/c1-27(2)29(5)40(6)20-21-42(8)31-16-17-34-41(7)23-54-25-45(34,32(31)18-19-43(42,9)35(40)39(52)53)22-33(36(41)55-24-44(10,46)28(3)4)50-26-47-37(49-50)38(51)48-30-14-12-11-13-15-30/h11-15,18,26-29,31,33-36H,16-17,19-25,46H2,1-10H3,(H,48,51)(H,52,53)/t29-,31+,33-,34+,35-,36+,40-,41+,42-,43+,44+,45?/m1/s1. The number of nitrogens with two attached hydrogens (primary N) is 1. The van der Waals surface area contributed by atoms with Crippen LogP contribution in [-0.4, -0.2) is 63.2 Å². The zero-order valence-electron chi connectivity index (χ0n) is 35.0. The van der Waals surface area contributed by atoms with Gasteiger partial charge in [0.15, 0.2) is 0 Å². The highest BCUT2D eigenvalue weighted by Gasteiger charge is 2.72. The van der Waals surface area contributed by atoms with Crippen LogP contribution in [0.2, 0.25) is 0 Å². The summed E-state index contributed by atoms with van der Waals surface area (Å²) in [6.07, 6.45) is 9.29. The number of hydrogen-bond acceptors (Lipinski definition) is 7. The van der Waals surface area contributed by atoms with Crippen molar-refractivity contribution in [3.05, 3.63) is 54.1 Å². The number of carboxylic acid groups (broad SMARTS) is 1. The molecule has 12 atom stereocenters. The van der Waals surface area contributed by atoms with Gasteiger partial charge in [0.05, 0.1) is 37.9 Å². The molecule has 302 valence electrons. The van der Waals surface area contributed by atoms with Crippen molar-refractivity contribution < 1.29 is 24.2 Å². The second kappa shape index (κ2) is 13.8. The summed E-state index contributed by atoms with van der Waals surface area (Å²) < 4.78 is 15.7. The van der Waals surface area contributed by atoms with E-state index in [0.717, 1.165) is 38.5 Å². The zero-order chi connectivity index (χ0) is 39.9. The quantitative estimate of drug-likeness (QED) is 0.205. The molecule has 0 radical (unpaired) electrons. The number of anilines is 1. The number of nitrogens with zero attached hydrogens (tertiary/aromatic N) is 3. The van der Waals surface area contributed by atoms with E-state index in [2.05, 4.69) is 85.6 Å². The van der Waals surface area contributed by atoms with Gasteiger partial charge in [0, 0.05) is 22.1 Å². The lowest BCUT2D eigenvalue weighted by Gasteiger charge is -2.71. The van der Waals surface area contributed by atoms with Crippen molar-refractivity contribution in [2.24, 2.45) is 68.3 Å². The SMILES string of the molecule is CC(C)[C@@H](C)[C@@]1(C)CC[C@]2(C)[C@H]3CC[C@@H]4C5(COC[C@]4(C)[C@@H](OC[C@](C)(N)C(C)C)[C@H](n4cnc(C(=O)Nc6ccccc6)n4)C5)C3=CC[C@@]2(C)[C@@H]1C(=O)O. The number of amides is 1. The van der Waals surface area contributed by atoms with Crippen LogP contribution in [0.3, 0.4) is 0 Å². The van der Waals surface area contributed by atoms with E-state index in [0.29, 0.717) is 37.3 Å². The molecule has 1 saturated heterocycles. The van der Waals surface area contributed by atoms with Crippen LogP contribution in [-0.2, 0) is 14.3 Å². The van der Waals surface area contributed by atoms with Crippen LogP contribution >= 0.6 is 0 Å². The summed E-state index contributed by atoms with van der Waals surface area (Å²) >= 11 is 0. The Bertz CT molecular complexity index is 1810. The van der Waals surface area contributed by atoms with Gasteiger partial charge < -0.3 is 25.6 Å². The highest BCUT2D eigenvalue weighted by Crippen LogP contribution is 2.75. The maximum Gasteiger partial charge on any atom is 0.307 e. The number of carbonyl (C=O) groups excluding carboxylic acids is 1. The van der Waals surface area contributed by atoms with Gasteiger partial charge in [-0.15, -0.1) is 5.10 Å². The van der Waals surface area contributed by atoms with Gasteiger partial charge in [-0.3, -0.25) is 9.59 Å². The second-order valence-corrected chi connectivity index (χ2v) is 20.4. The molecule has 1 unspecified atom stereocenters. The van der Waals surface area contributed by atoms with Crippen LogP contribution in [0, 0.1) is 62.6 Å². The Hall–Kier alpha value is -3.08. The van der Waals surface area contributed by atoms with Crippen molar-refractivity contribution in [3.63, 3.8) is 0 Å². The van der Waals surface area contributed by atoms with E-state index >= 15 is 0 Å². The number of para-hydroxylation sites is 1. The van der Waals surface area contributed by atoms with Crippen molar-refractivity contribution >= 4 is 17.6 Å². The molecule has 10 nitrogen and oxygen atoms in total. The second-order valence-electron chi connectivity index (χ2n) is 20.4. The summed E-state index contributed by atoms with van der Waals surface area (Å²) in [6.45, 7) is 23.9. The predicted octanol–water partition coefficient (Wildman–Crippen LogP) is 8.42. The van der Waals surface area contributed by atoms with Crippen LogP contribution in [0.25, 0.3) is 0 Å². The first-order chi connectivity index (χ1) is 25.7. The summed E-state index contributed by atoms with van der Waals surface area (Å²) in [7, 11) is 0. The number of hydrogen-bond donors (Lipinski definition) is 3. The maximum atomic E-state index is 13.6. The lowest BCUT2D eigenvalue weighted by atomic mass is 9.34. The number of aliphatic carboxylic acids is 1. The van der Waals surface area contributed by atoms with Crippen molar-refractivity contribution in [1.29, 1.82) is 0 Å². The number of rotatable bonds is 10. The van der Waals surface area contributed by atoms with Gasteiger partial charge in [-0.05, 0) is 103 Å². The molecule has 1 aromatic heterocycles. The average Bonchev–Trinajstić information content (AvgIpc) is 3.62. The molecule has 1 amide bonds. The molecule has 3 saturated carbocycles. The topological polar surface area (TPSA) is 142 Å². The molecule has 7 rings (SSSR count). The van der Waals surface area contributed by atoms with E-state index in [9.17, 15) is 14.7 Å². The van der Waals surface area contributed by atoms with Gasteiger partial charge in [-0.2, -0.15) is 0 Å². The first-order valence-corrected chi connectivity index (χ1v) is 20.9. The fourth-order valence-electron chi connectivity index (χ4n) is 12.8. The summed E-state index contributed by atoms with van der Waals surface area (Å²) in [5, 5.41) is 18.9. The minimum absolute atomic E-state index is 0.113. The van der Waals surface area contributed by atoms with Crippen LogP contribution in [0.5, 0.6) is 0 Å². The normalized spacial score (nSPS) is 39.9. The lowest BCUT2D eigenvalue weighted by molar-refractivity contribution is -0.252. The Morgan fingerprint density at radius 2 is 1.76 bits per heavy atom. The number of allylic oxidation sites excluding steroid dienone is 1. The Morgan fingerprint density at radius 3 is 2.42 bits per heavy atom. The van der Waals surface area contributed by atoms with Gasteiger partial charge in [0.25, 0.3) is 5.91 Å². The third-order valence-corrected chi connectivity index (χ3v) is 17.1. The molecule has 4 N–H and O–H groups in total. The largest absolute Gasteiger partial charge is 0.481 e. The Morgan fingerprint density at radius 1 is 1.05 bits per heavy atom. The van der Waals surface area contributed by atoms with Crippen molar-refractivity contribution in [1.82, 2.24) is 14.8 Å². The summed E-state index contributed by atoms with van der Waals surface area (Å²) in [5.74, 6) is 0.0789. The van der Waals surface area contributed by atoms with Gasteiger partial charge in [-0.25, -0.2) is 9.67 Å². The third-order valence-electron chi connectivity index (χ3n) is 17.1. The number of carbonyl (C=O) groups is 2. The number of aromatic nitrogens is 3. The fourth-order valence-corrected chi connectivity index (χ4v) is 12.8. The molecular weight excluding hydrogens is 691 g/mol. The summed E-state index contributed by atoms with van der Waals surface area (Å²) in [4.78, 5) is 31.5. The number of fused-ring (bicyclic) bond motifs is 3. The molecular formula is C45H67N5O5. The minimum atomic E-state index is -0.648. The molecule has 2 heterocycles. The van der Waals surface area contributed by atoms with Crippen molar-refractivity contribution in [2.75, 3.05) is 25.1 Å². The van der Waals surface area contributed by atoms with E-state index < -0.39 is 22.8 Å². The fraction of sp³-hybridized carbons (Fsp3) is 0.733. The highest BCUT2D eigenvalue weighted by molar-refractivity contribution is 6.01. The molecule has 0 spiro atoms. The van der Waals surface area contributed by atoms with Gasteiger partial charge in [0.1, 0.15) is 6.33 Å². The Balaban J connectivity index is 1.30. The monoisotopic (exact) mass is 758 g/mol. The predicted molar refractivity (Wildman–Crippen MR) is 214 cm³/mol. The molecule has 55 heavy (non-hydrogen) atoms. The van der Waals surface area contributed by atoms with E-state index in [1.807, 2.05) is 35.0 Å². The van der Waals surface area contributed by atoms with Crippen molar-refractivity contribution in [2.45, 2.75) is 125 Å². The van der Waals surface area contributed by atoms with Crippen LogP contribution in [0.4, 0.5) is 5.69 Å². The Kier molecular flexibility index (Phi) is 10.1. The van der Waals surface area contributed by atoms with Crippen LogP contribution in [0.1, 0.15) is 124 Å². The maximum absolute atomic E-state index is 13.6. The molecule has 2 aromatic rings. The number of benzene rings is 1. The van der Waals surface area contributed by atoms with E-state index in [-0.39, 0.29) is 63.3 Å². The van der Waals surface area contributed by atoms with Crippen LogP contribution < -0.4 is 11.1 Å². The lowest BCUT2D eigenvalue weighted by Crippen LogP contribution is -2.69. The number of ether oxygens (including phenoxy) is 2. The smallest absolute Gasteiger partial charge is 0.307 e. The third kappa shape index (κ3) is 6.05. The van der Waals surface area contributed by atoms with Gasteiger partial charge in [0.2, 0.25) is 5.82 Å². The first kappa shape index (κ1) is 40.1. The van der Waals surface area contributed by atoms with Gasteiger partial charge in [-0.1, -0.05) is 92.2 Å². The number of carboxylic acids is 1. The van der Waals surface area contributed by atoms with E-state index in [4.69, 9.17) is 20.3 Å². The van der Waals surface area contributed by atoms with E-state index in [1.165, 1.54) is 5.57 Å². The average molecular weight is 758 g/mol. The zero-order valence-corrected chi connectivity index (χ0v) is 35.0. The molecule has 10 heteroatoms. The highest BCUT2D eigenvalue weighted by atomic mass is 16.5. The molecule has 4 aliphatic carbocycles. The summed E-state index contributed by atoms with van der Waals surface area (Å²) in [5.41, 5.74) is 6.88. The molecule has 2 bridgehead atoms. The first-order valence-electron chi connectivity index (χ1n) is 20.9. The Labute approximate surface area is 328 Å².